The van der Waals surface area contributed by atoms with E-state index in [0.717, 1.165) is 10.9 Å². The molecule has 0 amide bonds. The summed E-state index contributed by atoms with van der Waals surface area (Å²) in [6.07, 6.45) is 1.82. The van der Waals surface area contributed by atoms with Crippen LogP contribution in [-0.2, 0) is 6.61 Å². The molecule has 0 aliphatic carbocycles. The van der Waals surface area contributed by atoms with Crippen molar-refractivity contribution in [3.8, 4) is 23.1 Å². The molecule has 0 aliphatic heterocycles. The van der Waals surface area contributed by atoms with Gasteiger partial charge in [0.25, 0.3) is 5.56 Å². The second-order valence-corrected chi connectivity index (χ2v) is 7.16. The molecule has 29 heavy (non-hydrogen) atoms. The first-order chi connectivity index (χ1) is 14.2. The molecule has 0 saturated heterocycles. The summed E-state index contributed by atoms with van der Waals surface area (Å²) in [5.41, 5.74) is 1.66. The molecule has 1 N–H and O–H groups in total. The van der Waals surface area contributed by atoms with E-state index in [0.29, 0.717) is 28.8 Å². The fraction of sp³-hybridized carbons (Fsp3) is 0.0870. The van der Waals surface area contributed by atoms with E-state index in [1.54, 1.807) is 6.07 Å². The Morgan fingerprint density at radius 1 is 1.10 bits per heavy atom. The predicted octanol–water partition coefficient (Wildman–Crippen LogP) is 4.76. The molecule has 0 bridgehead atoms. The first-order valence-electron chi connectivity index (χ1n) is 8.98. The summed E-state index contributed by atoms with van der Waals surface area (Å²) in [4.78, 5) is 19.2. The Morgan fingerprint density at radius 2 is 1.90 bits per heavy atom. The van der Waals surface area contributed by atoms with Crippen molar-refractivity contribution in [1.29, 1.82) is 5.26 Å². The topological polar surface area (TPSA) is 78.8 Å². The minimum atomic E-state index is -0.441. The Bertz CT molecular complexity index is 1290. The maximum absolute atomic E-state index is 12.2. The van der Waals surface area contributed by atoms with Gasteiger partial charge in [-0.25, -0.2) is 4.98 Å². The Balaban J connectivity index is 1.66. The van der Waals surface area contributed by atoms with Crippen LogP contribution in [0.15, 0.2) is 76.7 Å². The van der Waals surface area contributed by atoms with Gasteiger partial charge in [0.05, 0.1) is 5.69 Å². The number of aromatic nitrogens is 2. The number of hydrogen-bond acceptors (Lipinski definition) is 5. The number of aromatic amines is 1. The van der Waals surface area contributed by atoms with Crippen LogP contribution >= 0.6 is 11.8 Å². The molecule has 0 fully saturated rings. The van der Waals surface area contributed by atoms with Gasteiger partial charge in [-0.1, -0.05) is 66.4 Å². The molecule has 142 valence electrons. The molecule has 4 rings (SSSR count). The van der Waals surface area contributed by atoms with E-state index >= 15 is 0 Å². The van der Waals surface area contributed by atoms with E-state index in [-0.39, 0.29) is 5.56 Å². The summed E-state index contributed by atoms with van der Waals surface area (Å²) in [5, 5.41) is 12.2. The molecule has 0 spiro atoms. The Morgan fingerprint density at radius 3 is 2.72 bits per heavy atom. The molecule has 0 atom stereocenters. The molecule has 0 radical (unpaired) electrons. The summed E-state index contributed by atoms with van der Waals surface area (Å²) in [5.74, 6) is 0.645. The lowest BCUT2D eigenvalue weighted by Crippen LogP contribution is -2.14. The highest BCUT2D eigenvalue weighted by atomic mass is 32.2. The van der Waals surface area contributed by atoms with Gasteiger partial charge in [0.2, 0.25) is 0 Å². The molecule has 0 unspecified atom stereocenters. The van der Waals surface area contributed by atoms with Gasteiger partial charge in [-0.2, -0.15) is 5.26 Å². The van der Waals surface area contributed by atoms with Crippen molar-refractivity contribution in [2.75, 3.05) is 6.26 Å². The third-order valence-corrected chi connectivity index (χ3v) is 5.16. The van der Waals surface area contributed by atoms with Crippen LogP contribution in [0, 0.1) is 11.3 Å². The number of nitrogens with one attached hydrogen (secondary N) is 1. The summed E-state index contributed by atoms with van der Waals surface area (Å²) in [6, 6.07) is 23.6. The molecular weight excluding hydrogens is 382 g/mol. The number of hydrogen-bond donors (Lipinski definition) is 1. The van der Waals surface area contributed by atoms with Crippen molar-refractivity contribution >= 4 is 22.5 Å². The third-order valence-electron chi connectivity index (χ3n) is 4.58. The monoisotopic (exact) mass is 399 g/mol. The number of nitrogens with zero attached hydrogens (tertiary/aromatic N) is 2. The molecule has 1 aromatic heterocycles. The molecule has 5 nitrogen and oxygen atoms in total. The Labute approximate surface area is 172 Å². The zero-order valence-electron chi connectivity index (χ0n) is 15.7. The van der Waals surface area contributed by atoms with E-state index in [4.69, 9.17) is 4.74 Å². The fourth-order valence-corrected chi connectivity index (χ4v) is 3.55. The molecule has 0 saturated carbocycles. The van der Waals surface area contributed by atoms with Crippen molar-refractivity contribution in [3.63, 3.8) is 0 Å². The van der Waals surface area contributed by atoms with Crippen LogP contribution in [0.1, 0.15) is 11.1 Å². The van der Waals surface area contributed by atoms with Crippen LogP contribution < -0.4 is 10.3 Å². The number of fused-ring (bicyclic) bond motifs is 1. The van der Waals surface area contributed by atoms with Gasteiger partial charge in [-0.15, -0.1) is 0 Å². The number of rotatable bonds is 5. The summed E-state index contributed by atoms with van der Waals surface area (Å²) in [6.45, 7) is 0.411. The maximum atomic E-state index is 12.2. The lowest BCUT2D eigenvalue weighted by molar-refractivity contribution is 0.308. The van der Waals surface area contributed by atoms with Gasteiger partial charge in [0.15, 0.2) is 5.16 Å². The smallest absolute Gasteiger partial charge is 0.270 e. The zero-order valence-corrected chi connectivity index (χ0v) is 16.5. The van der Waals surface area contributed by atoms with Crippen molar-refractivity contribution < 1.29 is 4.74 Å². The first-order valence-corrected chi connectivity index (χ1v) is 10.2. The van der Waals surface area contributed by atoms with E-state index in [1.165, 1.54) is 17.1 Å². The molecular formula is C23H17N3O2S. The average molecular weight is 399 g/mol. The van der Waals surface area contributed by atoms with Crippen LogP contribution in [0.5, 0.6) is 5.75 Å². The average Bonchev–Trinajstić information content (AvgIpc) is 2.77. The maximum Gasteiger partial charge on any atom is 0.270 e. The van der Waals surface area contributed by atoms with E-state index < -0.39 is 5.56 Å². The summed E-state index contributed by atoms with van der Waals surface area (Å²) < 4.78 is 6.02. The number of ether oxygens (including phenoxy) is 1. The minimum Gasteiger partial charge on any atom is -0.489 e. The van der Waals surface area contributed by atoms with Crippen LogP contribution in [0.25, 0.3) is 22.0 Å². The number of thioether (sulfide) groups is 1. The molecule has 4 aromatic rings. The van der Waals surface area contributed by atoms with Crippen molar-refractivity contribution in [1.82, 2.24) is 9.97 Å². The minimum absolute atomic E-state index is 0.00555. The Kier molecular flexibility index (Phi) is 5.32. The third kappa shape index (κ3) is 3.86. The van der Waals surface area contributed by atoms with E-state index in [9.17, 15) is 10.1 Å². The normalized spacial score (nSPS) is 10.6. The number of H-pyrrole nitrogens is 1. The highest BCUT2D eigenvalue weighted by molar-refractivity contribution is 7.98. The number of benzene rings is 3. The zero-order chi connectivity index (χ0) is 20.2. The predicted molar refractivity (Wildman–Crippen MR) is 115 cm³/mol. The van der Waals surface area contributed by atoms with Crippen molar-refractivity contribution in [3.05, 3.63) is 88.2 Å². The van der Waals surface area contributed by atoms with Crippen molar-refractivity contribution in [2.45, 2.75) is 11.8 Å². The van der Waals surface area contributed by atoms with E-state index in [1.807, 2.05) is 54.8 Å². The fourth-order valence-electron chi connectivity index (χ4n) is 3.17. The standard InChI is InChI=1S/C23H17N3O2S/c1-29-23-25-21(20(13-24)22(27)26-23)16-8-5-10-18(12-16)28-14-17-9-4-7-15-6-2-3-11-19(15)17/h2-12H,14H2,1H3,(H,25,26,27). The first kappa shape index (κ1) is 18.8. The molecule has 1 heterocycles. The van der Waals surface area contributed by atoms with Gasteiger partial charge in [0, 0.05) is 5.56 Å². The largest absolute Gasteiger partial charge is 0.489 e. The lowest BCUT2D eigenvalue weighted by Gasteiger charge is -2.11. The van der Waals surface area contributed by atoms with Gasteiger partial charge in [0.1, 0.15) is 24.0 Å². The summed E-state index contributed by atoms with van der Waals surface area (Å²) >= 11 is 1.32. The SMILES string of the molecule is CSc1nc(-c2cccc(OCc3cccc4ccccc34)c2)c(C#N)c(=O)[nH]1. The molecule has 6 heteroatoms. The quantitative estimate of drug-likeness (QED) is 0.387. The molecule has 3 aromatic carbocycles. The van der Waals surface area contributed by atoms with Crippen LogP contribution in [0.3, 0.4) is 0 Å². The number of nitriles is 1. The van der Waals surface area contributed by atoms with Crippen LogP contribution in [-0.4, -0.2) is 16.2 Å². The highest BCUT2D eigenvalue weighted by Gasteiger charge is 2.14. The second kappa shape index (κ2) is 8.21. The van der Waals surface area contributed by atoms with Crippen LogP contribution in [0.4, 0.5) is 0 Å². The van der Waals surface area contributed by atoms with Crippen LogP contribution in [0.2, 0.25) is 0 Å². The van der Waals surface area contributed by atoms with Gasteiger partial charge in [-0.05, 0) is 34.7 Å². The Hall–Kier alpha value is -3.56. The van der Waals surface area contributed by atoms with E-state index in [2.05, 4.69) is 28.2 Å². The lowest BCUT2D eigenvalue weighted by atomic mass is 10.1. The van der Waals surface area contributed by atoms with Gasteiger partial charge in [-0.3, -0.25) is 4.79 Å². The second-order valence-electron chi connectivity index (χ2n) is 6.37. The summed E-state index contributed by atoms with van der Waals surface area (Å²) in [7, 11) is 0. The van der Waals surface area contributed by atoms with Crippen molar-refractivity contribution in [2.24, 2.45) is 0 Å². The molecule has 0 aliphatic rings. The van der Waals surface area contributed by atoms with Gasteiger partial charge >= 0.3 is 0 Å². The van der Waals surface area contributed by atoms with Gasteiger partial charge < -0.3 is 9.72 Å². The highest BCUT2D eigenvalue weighted by Crippen LogP contribution is 2.26.